The number of rotatable bonds is 5. The van der Waals surface area contributed by atoms with E-state index in [-0.39, 0.29) is 41.0 Å². The van der Waals surface area contributed by atoms with E-state index in [9.17, 15) is 28.2 Å². The molecule has 9 heteroatoms. The van der Waals surface area contributed by atoms with Gasteiger partial charge >= 0.3 is 6.18 Å². The topological polar surface area (TPSA) is 88.9 Å². The molecule has 0 amide bonds. The lowest BCUT2D eigenvalue weighted by atomic mass is 9.82. The highest BCUT2D eigenvalue weighted by molar-refractivity contribution is 6.10. The second-order valence-corrected chi connectivity index (χ2v) is 8.14. The van der Waals surface area contributed by atoms with E-state index in [1.54, 1.807) is 0 Å². The summed E-state index contributed by atoms with van der Waals surface area (Å²) in [4.78, 5) is 16.8. The standard InChI is InChI=1S/C21H24F3NO5/c22-21(23,24)15-7-6-13(14(25-15)10-30-16-3-1-2-8-29-16)20(28)17-18(26)11-4-5-12(9-11)19(17)27/h6-7,11-12,16,18,26-27H,1-5,8-10H2. The number of halogens is 3. The maximum absolute atomic E-state index is 13.2. The normalized spacial score (nSPS) is 29.3. The van der Waals surface area contributed by atoms with Gasteiger partial charge in [0.15, 0.2) is 12.1 Å². The molecule has 1 saturated carbocycles. The van der Waals surface area contributed by atoms with Gasteiger partial charge in [-0.15, -0.1) is 0 Å². The van der Waals surface area contributed by atoms with Gasteiger partial charge in [0.2, 0.25) is 0 Å². The second-order valence-electron chi connectivity index (χ2n) is 8.14. The molecule has 1 aromatic heterocycles. The first-order chi connectivity index (χ1) is 14.3. The molecule has 3 aliphatic rings. The van der Waals surface area contributed by atoms with Crippen molar-refractivity contribution < 1.29 is 37.7 Å². The van der Waals surface area contributed by atoms with Crippen LogP contribution in [0.5, 0.6) is 0 Å². The first kappa shape index (κ1) is 21.3. The van der Waals surface area contributed by atoms with Crippen LogP contribution in [0.4, 0.5) is 13.2 Å². The number of Topliss-reactive ketones (excluding diaryl/α,β-unsaturated/α-hetero) is 1. The molecule has 1 saturated heterocycles. The first-order valence-corrected chi connectivity index (χ1v) is 10.2. The van der Waals surface area contributed by atoms with Gasteiger partial charge in [-0.1, -0.05) is 0 Å². The van der Waals surface area contributed by atoms with Crippen molar-refractivity contribution in [3.8, 4) is 0 Å². The van der Waals surface area contributed by atoms with Crippen LogP contribution in [-0.4, -0.2) is 40.0 Å². The molecule has 2 bridgehead atoms. The molecule has 2 N–H and O–H groups in total. The van der Waals surface area contributed by atoms with E-state index in [1.165, 1.54) is 0 Å². The molecule has 164 valence electrons. The Morgan fingerprint density at radius 2 is 2.03 bits per heavy atom. The van der Waals surface area contributed by atoms with E-state index in [2.05, 4.69) is 4.98 Å². The third-order valence-corrected chi connectivity index (χ3v) is 6.18. The average Bonchev–Trinajstić information content (AvgIpc) is 3.18. The highest BCUT2D eigenvalue weighted by atomic mass is 19.4. The summed E-state index contributed by atoms with van der Waals surface area (Å²) in [5.41, 5.74) is -1.56. The third kappa shape index (κ3) is 4.10. The lowest BCUT2D eigenvalue weighted by Gasteiger charge is -2.28. The summed E-state index contributed by atoms with van der Waals surface area (Å²) < 4.78 is 50.6. The van der Waals surface area contributed by atoms with Crippen molar-refractivity contribution in [2.24, 2.45) is 11.8 Å². The highest BCUT2D eigenvalue weighted by Crippen LogP contribution is 2.45. The molecular weight excluding hydrogens is 403 g/mol. The lowest BCUT2D eigenvalue weighted by Crippen LogP contribution is -2.32. The van der Waals surface area contributed by atoms with Crippen LogP contribution in [-0.2, 0) is 22.3 Å². The van der Waals surface area contributed by atoms with Crippen LogP contribution >= 0.6 is 0 Å². The summed E-state index contributed by atoms with van der Waals surface area (Å²) in [5.74, 6) is -1.21. The predicted molar refractivity (Wildman–Crippen MR) is 98.4 cm³/mol. The number of aromatic nitrogens is 1. The lowest BCUT2D eigenvalue weighted by molar-refractivity contribution is -0.169. The number of hydrogen-bond acceptors (Lipinski definition) is 6. The van der Waals surface area contributed by atoms with E-state index in [0.29, 0.717) is 32.3 Å². The van der Waals surface area contributed by atoms with Gasteiger partial charge in [0.1, 0.15) is 11.5 Å². The molecule has 6 nitrogen and oxygen atoms in total. The fourth-order valence-corrected chi connectivity index (χ4v) is 4.54. The number of allylic oxidation sites excluding steroid dienone is 1. The summed E-state index contributed by atoms with van der Waals surface area (Å²) in [6, 6.07) is 1.78. The van der Waals surface area contributed by atoms with Gasteiger partial charge in [-0.05, 0) is 56.6 Å². The van der Waals surface area contributed by atoms with Crippen LogP contribution in [0.1, 0.15) is 60.3 Å². The minimum absolute atomic E-state index is 0.110. The molecule has 1 aliphatic heterocycles. The Balaban J connectivity index is 1.65. The summed E-state index contributed by atoms with van der Waals surface area (Å²) >= 11 is 0. The van der Waals surface area contributed by atoms with Gasteiger partial charge < -0.3 is 19.7 Å². The molecule has 0 spiro atoms. The number of nitrogens with zero attached hydrogens (tertiary/aromatic N) is 1. The van der Waals surface area contributed by atoms with E-state index in [4.69, 9.17) is 9.47 Å². The number of aliphatic hydroxyl groups excluding tert-OH is 2. The summed E-state index contributed by atoms with van der Waals surface area (Å²) in [7, 11) is 0. The van der Waals surface area contributed by atoms with Crippen LogP contribution in [0, 0.1) is 11.8 Å². The molecule has 4 rings (SSSR count). The van der Waals surface area contributed by atoms with Crippen molar-refractivity contribution in [2.45, 2.75) is 63.7 Å². The zero-order valence-corrected chi connectivity index (χ0v) is 16.3. The Hall–Kier alpha value is -1.97. The fraction of sp³-hybridized carbons (Fsp3) is 0.619. The zero-order chi connectivity index (χ0) is 21.5. The van der Waals surface area contributed by atoms with Gasteiger partial charge in [0.05, 0.1) is 24.0 Å². The van der Waals surface area contributed by atoms with Crippen LogP contribution in [0.3, 0.4) is 0 Å². The molecule has 30 heavy (non-hydrogen) atoms. The number of aliphatic hydroxyl groups is 2. The van der Waals surface area contributed by atoms with E-state index in [1.807, 2.05) is 0 Å². The minimum atomic E-state index is -4.68. The van der Waals surface area contributed by atoms with Crippen molar-refractivity contribution in [1.29, 1.82) is 0 Å². The molecule has 4 unspecified atom stereocenters. The molecule has 0 radical (unpaired) electrons. The maximum atomic E-state index is 13.2. The maximum Gasteiger partial charge on any atom is 0.433 e. The van der Waals surface area contributed by atoms with Crippen LogP contribution in [0.15, 0.2) is 23.5 Å². The van der Waals surface area contributed by atoms with Gasteiger partial charge in [-0.3, -0.25) is 4.79 Å². The van der Waals surface area contributed by atoms with E-state index < -0.39 is 30.0 Å². The molecule has 1 aromatic rings. The predicted octanol–water partition coefficient (Wildman–Crippen LogP) is 3.93. The van der Waals surface area contributed by atoms with Gasteiger partial charge in [-0.25, -0.2) is 4.98 Å². The van der Waals surface area contributed by atoms with Crippen molar-refractivity contribution in [1.82, 2.24) is 4.98 Å². The smallest absolute Gasteiger partial charge is 0.433 e. The zero-order valence-electron chi connectivity index (χ0n) is 16.3. The number of carbonyl (C=O) groups excluding carboxylic acids is 1. The number of ether oxygens (including phenoxy) is 2. The largest absolute Gasteiger partial charge is 0.511 e. The Morgan fingerprint density at radius 1 is 1.23 bits per heavy atom. The van der Waals surface area contributed by atoms with Crippen molar-refractivity contribution in [2.75, 3.05) is 6.61 Å². The first-order valence-electron chi connectivity index (χ1n) is 10.2. The van der Waals surface area contributed by atoms with Gasteiger partial charge in [0, 0.05) is 18.1 Å². The van der Waals surface area contributed by atoms with Crippen molar-refractivity contribution >= 4 is 5.78 Å². The van der Waals surface area contributed by atoms with Crippen LogP contribution in [0.25, 0.3) is 0 Å². The van der Waals surface area contributed by atoms with Gasteiger partial charge in [-0.2, -0.15) is 13.2 Å². The number of alkyl halides is 3. The number of fused-ring (bicyclic) bond motifs is 2. The van der Waals surface area contributed by atoms with Crippen molar-refractivity contribution in [3.63, 3.8) is 0 Å². The molecule has 2 fully saturated rings. The highest BCUT2D eigenvalue weighted by Gasteiger charge is 2.44. The SMILES string of the molecule is O=C(C1=C(O)C2CCC(C2)C1O)c1ccc(C(F)(F)F)nc1COC1CCCCO1. The third-order valence-electron chi connectivity index (χ3n) is 6.18. The van der Waals surface area contributed by atoms with Crippen LogP contribution < -0.4 is 0 Å². The van der Waals surface area contributed by atoms with E-state index >= 15 is 0 Å². The van der Waals surface area contributed by atoms with Gasteiger partial charge in [0.25, 0.3) is 0 Å². The molecular formula is C21H24F3NO5. The molecule has 0 aromatic carbocycles. The average molecular weight is 427 g/mol. The Morgan fingerprint density at radius 3 is 2.73 bits per heavy atom. The molecule has 4 atom stereocenters. The molecule has 2 aliphatic carbocycles. The Labute approximate surface area is 171 Å². The Kier molecular flexibility index (Phi) is 5.87. The number of ketones is 1. The fourth-order valence-electron chi connectivity index (χ4n) is 4.54. The minimum Gasteiger partial charge on any atom is -0.511 e. The number of carbonyl (C=O) groups is 1. The Bertz CT molecular complexity index is 848. The van der Waals surface area contributed by atoms with Crippen LogP contribution in [0.2, 0.25) is 0 Å². The summed E-state index contributed by atoms with van der Waals surface area (Å²) in [6.45, 7) is 0.162. The second kappa shape index (κ2) is 8.28. The van der Waals surface area contributed by atoms with Crippen molar-refractivity contribution in [3.05, 3.63) is 40.4 Å². The van der Waals surface area contributed by atoms with E-state index in [0.717, 1.165) is 25.0 Å². The number of pyridine rings is 1. The quantitative estimate of drug-likeness (QED) is 0.693. The monoisotopic (exact) mass is 427 g/mol. The number of hydrogen-bond donors (Lipinski definition) is 2. The molecule has 2 heterocycles. The summed E-state index contributed by atoms with van der Waals surface area (Å²) in [5, 5.41) is 21.1. The summed E-state index contributed by atoms with van der Waals surface area (Å²) in [6.07, 6.45) is -2.06.